The summed E-state index contributed by atoms with van der Waals surface area (Å²) in [5.41, 5.74) is 1.35. The minimum absolute atomic E-state index is 0.180. The molecule has 0 unspecified atom stereocenters. The highest BCUT2D eigenvalue weighted by Gasteiger charge is 2.10. The smallest absolute Gasteiger partial charge is 0.338 e. The molecule has 0 saturated carbocycles. The lowest BCUT2D eigenvalue weighted by Crippen LogP contribution is -2.15. The van der Waals surface area contributed by atoms with Crippen LogP contribution >= 0.6 is 0 Å². The van der Waals surface area contributed by atoms with Crippen LogP contribution in [0.15, 0.2) is 41.7 Å². The summed E-state index contributed by atoms with van der Waals surface area (Å²) in [4.78, 5) is 54.8. The number of carbonyl (C=O) groups is 3. The molecule has 0 spiro atoms. The number of carbonyl (C=O) groups excluding carboxylic acids is 2. The average molecular weight is 415 g/mol. The highest BCUT2D eigenvalue weighted by atomic mass is 16.5. The number of fused-ring (bicyclic) bond motifs is 1. The largest absolute Gasteiger partial charge is 0.481 e. The van der Waals surface area contributed by atoms with E-state index in [9.17, 15) is 14.4 Å². The van der Waals surface area contributed by atoms with Gasteiger partial charge in [0.15, 0.2) is 11.2 Å². The maximum absolute atomic E-state index is 12.1. The number of aromatic nitrogens is 4. The van der Waals surface area contributed by atoms with Crippen molar-refractivity contribution in [3.8, 4) is 0 Å². The lowest BCUT2D eigenvalue weighted by molar-refractivity contribution is -0.134. The average Bonchev–Trinajstić information content (AvgIpc) is 3.11. The summed E-state index contributed by atoms with van der Waals surface area (Å²) in [6.07, 6.45) is 2.96. The van der Waals surface area contributed by atoms with Crippen LogP contribution in [0.25, 0.3) is 11.2 Å². The number of aliphatic carboxylic acids is 1. The number of aryl methyl sites for hydroxylation is 1. The molecule has 11 nitrogen and oxygen atoms in total. The van der Waals surface area contributed by atoms with E-state index in [0.717, 1.165) is 6.92 Å². The normalized spacial score (nSPS) is 10.1. The lowest BCUT2D eigenvalue weighted by atomic mass is 10.2. The third-order valence-corrected chi connectivity index (χ3v) is 3.67. The molecule has 158 valence electrons. The molecule has 1 amide bonds. The molecule has 11 heteroatoms. The van der Waals surface area contributed by atoms with Gasteiger partial charge in [-0.3, -0.25) is 14.4 Å². The molecule has 0 atom stereocenters. The predicted octanol–water partition coefficient (Wildman–Crippen LogP) is 1.42. The Morgan fingerprint density at radius 1 is 1.20 bits per heavy atom. The summed E-state index contributed by atoms with van der Waals surface area (Å²) < 4.78 is 6.55. The maximum atomic E-state index is 12.1. The van der Waals surface area contributed by atoms with Gasteiger partial charge < -0.3 is 24.7 Å². The zero-order valence-electron chi connectivity index (χ0n) is 16.4. The number of hydrogen-bond donors (Lipinski definition) is 3. The van der Waals surface area contributed by atoms with Gasteiger partial charge in [-0.1, -0.05) is 0 Å². The predicted molar refractivity (Wildman–Crippen MR) is 107 cm³/mol. The standard InChI is InChI=1S/C17H17N5O4.C2H4O2/c1-2-26-17(25)11-3-5-12(6-4-11)21-13(23)7-8-22-10-20-14-15(22)18-9-19-16(14)24;1-2(3)4/h3-6,9-10H,2,7-8H2,1H3,(H,21,23)(H,18,19,24);1H3,(H,3,4). The van der Waals surface area contributed by atoms with Crippen LogP contribution in [0, 0.1) is 0 Å². The van der Waals surface area contributed by atoms with Crippen molar-refractivity contribution in [1.82, 2.24) is 19.5 Å². The molecule has 2 aromatic heterocycles. The van der Waals surface area contributed by atoms with E-state index in [1.54, 1.807) is 35.8 Å². The summed E-state index contributed by atoms with van der Waals surface area (Å²) in [6.45, 7) is 3.46. The Hall–Kier alpha value is -4.02. The van der Waals surface area contributed by atoms with E-state index in [0.29, 0.717) is 30.0 Å². The molecule has 0 saturated heterocycles. The van der Waals surface area contributed by atoms with Crippen LogP contribution in [0.3, 0.4) is 0 Å². The molecule has 30 heavy (non-hydrogen) atoms. The Morgan fingerprint density at radius 3 is 2.50 bits per heavy atom. The Balaban J connectivity index is 0.000000735. The fourth-order valence-corrected chi connectivity index (χ4v) is 2.40. The van der Waals surface area contributed by atoms with Gasteiger partial charge in [0, 0.05) is 25.6 Å². The Bertz CT molecular complexity index is 1080. The number of hydrogen-bond acceptors (Lipinski definition) is 7. The van der Waals surface area contributed by atoms with Crippen molar-refractivity contribution in [3.05, 3.63) is 52.8 Å². The van der Waals surface area contributed by atoms with Gasteiger partial charge in [0.05, 0.1) is 24.8 Å². The van der Waals surface area contributed by atoms with Crippen LogP contribution in [0.5, 0.6) is 0 Å². The molecule has 0 aliphatic rings. The van der Waals surface area contributed by atoms with Crippen molar-refractivity contribution in [1.29, 1.82) is 0 Å². The van der Waals surface area contributed by atoms with Crippen molar-refractivity contribution < 1.29 is 24.2 Å². The number of rotatable bonds is 6. The Morgan fingerprint density at radius 2 is 1.87 bits per heavy atom. The van der Waals surface area contributed by atoms with Crippen LogP contribution in [-0.2, 0) is 20.9 Å². The maximum Gasteiger partial charge on any atom is 0.338 e. The first kappa shape index (κ1) is 22.3. The van der Waals surface area contributed by atoms with Gasteiger partial charge in [-0.2, -0.15) is 0 Å². The van der Waals surface area contributed by atoms with Crippen LogP contribution in [0.2, 0.25) is 0 Å². The van der Waals surface area contributed by atoms with E-state index in [2.05, 4.69) is 20.3 Å². The van der Waals surface area contributed by atoms with Crippen molar-refractivity contribution >= 4 is 34.7 Å². The number of nitrogens with one attached hydrogen (secondary N) is 2. The first-order valence-electron chi connectivity index (χ1n) is 8.97. The molecule has 2 heterocycles. The molecule has 3 rings (SSSR count). The van der Waals surface area contributed by atoms with Gasteiger partial charge in [0.25, 0.3) is 11.5 Å². The van der Waals surface area contributed by atoms with E-state index >= 15 is 0 Å². The second-order valence-corrected chi connectivity index (χ2v) is 5.96. The highest BCUT2D eigenvalue weighted by Crippen LogP contribution is 2.12. The summed E-state index contributed by atoms with van der Waals surface area (Å²) in [5, 5.41) is 10.2. The third kappa shape index (κ3) is 6.26. The first-order valence-corrected chi connectivity index (χ1v) is 8.97. The number of imidazole rings is 1. The molecule has 3 N–H and O–H groups in total. The molecule has 3 aromatic rings. The number of carboxylic acid groups (broad SMARTS) is 1. The fraction of sp³-hybridized carbons (Fsp3) is 0.263. The molecular formula is C19H21N5O6. The van der Waals surface area contributed by atoms with Gasteiger partial charge in [-0.15, -0.1) is 0 Å². The van der Waals surface area contributed by atoms with Crippen LogP contribution < -0.4 is 10.9 Å². The number of esters is 1. The van der Waals surface area contributed by atoms with Crippen molar-refractivity contribution in [2.75, 3.05) is 11.9 Å². The van der Waals surface area contributed by atoms with E-state index in [4.69, 9.17) is 14.6 Å². The topological polar surface area (TPSA) is 156 Å². The summed E-state index contributed by atoms with van der Waals surface area (Å²) in [5.74, 6) is -1.44. The molecule has 1 aromatic carbocycles. The Kier molecular flexibility index (Phi) is 7.80. The highest BCUT2D eigenvalue weighted by molar-refractivity contribution is 5.93. The van der Waals surface area contributed by atoms with Crippen LogP contribution in [-0.4, -0.2) is 49.1 Å². The molecule has 0 bridgehead atoms. The number of aromatic amines is 1. The fourth-order valence-electron chi connectivity index (χ4n) is 2.40. The van der Waals surface area contributed by atoms with Crippen molar-refractivity contribution in [2.45, 2.75) is 26.8 Å². The number of nitrogens with zero attached hydrogens (tertiary/aromatic N) is 3. The quantitative estimate of drug-likeness (QED) is 0.510. The monoisotopic (exact) mass is 415 g/mol. The van der Waals surface area contributed by atoms with Crippen molar-refractivity contribution in [2.24, 2.45) is 0 Å². The number of H-pyrrole nitrogens is 1. The Labute approximate surface area is 170 Å². The minimum Gasteiger partial charge on any atom is -0.481 e. The SMILES string of the molecule is CC(=O)O.CCOC(=O)c1ccc(NC(=O)CCn2cnc3c(=O)[nH]cnc32)cc1. The number of benzene rings is 1. The van der Waals surface area contributed by atoms with E-state index in [1.165, 1.54) is 12.7 Å². The molecule has 0 fully saturated rings. The summed E-state index contributed by atoms with van der Waals surface area (Å²) in [6, 6.07) is 6.45. The number of ether oxygens (including phenoxy) is 1. The zero-order valence-corrected chi connectivity index (χ0v) is 16.4. The first-order chi connectivity index (χ1) is 14.3. The van der Waals surface area contributed by atoms with Gasteiger partial charge in [-0.25, -0.2) is 14.8 Å². The second-order valence-electron chi connectivity index (χ2n) is 5.96. The van der Waals surface area contributed by atoms with Crippen molar-refractivity contribution in [3.63, 3.8) is 0 Å². The van der Waals surface area contributed by atoms with Gasteiger partial charge >= 0.3 is 5.97 Å². The number of amides is 1. The van der Waals surface area contributed by atoms with E-state index in [1.807, 2.05) is 0 Å². The lowest BCUT2D eigenvalue weighted by Gasteiger charge is -2.07. The van der Waals surface area contributed by atoms with E-state index in [-0.39, 0.29) is 23.4 Å². The second kappa shape index (κ2) is 10.5. The summed E-state index contributed by atoms with van der Waals surface area (Å²) in [7, 11) is 0. The summed E-state index contributed by atoms with van der Waals surface area (Å²) >= 11 is 0. The van der Waals surface area contributed by atoms with Gasteiger partial charge in [-0.05, 0) is 31.2 Å². The van der Waals surface area contributed by atoms with Gasteiger partial charge in [0.1, 0.15) is 0 Å². The molecular weight excluding hydrogens is 394 g/mol. The third-order valence-electron chi connectivity index (χ3n) is 3.67. The van der Waals surface area contributed by atoms with Gasteiger partial charge in [0.2, 0.25) is 5.91 Å². The van der Waals surface area contributed by atoms with Crippen LogP contribution in [0.1, 0.15) is 30.6 Å². The molecule has 0 aliphatic heterocycles. The molecule has 0 radical (unpaired) electrons. The molecule has 0 aliphatic carbocycles. The number of anilines is 1. The minimum atomic E-state index is -0.833. The van der Waals surface area contributed by atoms with E-state index < -0.39 is 11.9 Å². The zero-order chi connectivity index (χ0) is 22.1. The van der Waals surface area contributed by atoms with Crippen LogP contribution in [0.4, 0.5) is 5.69 Å². The number of carboxylic acids is 1.